The number of halogens is 1. The van der Waals surface area contributed by atoms with Gasteiger partial charge in [-0.2, -0.15) is 0 Å². The van der Waals surface area contributed by atoms with Gasteiger partial charge >= 0.3 is 0 Å². The second kappa shape index (κ2) is 9.12. The standard InChI is InChI=1S/C21H19ClN4O2/c1-2-20(27)26(14-16-9-6-10-19(22)24-16)17-11-12-18(23-13-17)21(28)25-15-7-4-3-5-8-15/h2-13,21,25,28H,1,14H2. The van der Waals surface area contributed by atoms with Gasteiger partial charge < -0.3 is 15.3 Å². The van der Waals surface area contributed by atoms with E-state index in [-0.39, 0.29) is 12.5 Å². The van der Waals surface area contributed by atoms with E-state index in [0.29, 0.717) is 22.2 Å². The maximum Gasteiger partial charge on any atom is 0.250 e. The maximum atomic E-state index is 12.3. The van der Waals surface area contributed by atoms with Crippen LogP contribution in [0.2, 0.25) is 5.15 Å². The van der Waals surface area contributed by atoms with E-state index in [0.717, 1.165) is 5.69 Å². The molecule has 1 atom stereocenters. The van der Waals surface area contributed by atoms with Crippen LogP contribution in [0.25, 0.3) is 0 Å². The number of aromatic nitrogens is 2. The van der Waals surface area contributed by atoms with Crippen molar-refractivity contribution in [2.24, 2.45) is 0 Å². The highest BCUT2D eigenvalue weighted by molar-refractivity contribution is 6.29. The van der Waals surface area contributed by atoms with Gasteiger partial charge in [0.15, 0.2) is 6.23 Å². The number of anilines is 2. The lowest BCUT2D eigenvalue weighted by Crippen LogP contribution is -2.29. The van der Waals surface area contributed by atoms with Crippen molar-refractivity contribution in [2.45, 2.75) is 12.8 Å². The molecule has 1 amide bonds. The van der Waals surface area contributed by atoms with Crippen molar-refractivity contribution < 1.29 is 9.90 Å². The summed E-state index contributed by atoms with van der Waals surface area (Å²) in [6.45, 7) is 3.77. The van der Waals surface area contributed by atoms with Gasteiger partial charge in [-0.1, -0.05) is 42.4 Å². The molecule has 0 saturated carbocycles. The predicted molar refractivity (Wildman–Crippen MR) is 110 cm³/mol. The van der Waals surface area contributed by atoms with E-state index in [1.807, 2.05) is 30.3 Å². The van der Waals surface area contributed by atoms with E-state index >= 15 is 0 Å². The quantitative estimate of drug-likeness (QED) is 0.360. The topological polar surface area (TPSA) is 78.4 Å². The van der Waals surface area contributed by atoms with Crippen LogP contribution in [0.5, 0.6) is 0 Å². The zero-order valence-corrected chi connectivity index (χ0v) is 15.8. The molecule has 2 aromatic heterocycles. The Hall–Kier alpha value is -3.22. The Bertz CT molecular complexity index is 948. The van der Waals surface area contributed by atoms with Crippen molar-refractivity contribution in [1.29, 1.82) is 0 Å². The number of amides is 1. The van der Waals surface area contributed by atoms with E-state index in [9.17, 15) is 9.90 Å². The summed E-state index contributed by atoms with van der Waals surface area (Å²) in [7, 11) is 0. The normalized spacial score (nSPS) is 11.5. The number of para-hydroxylation sites is 1. The summed E-state index contributed by atoms with van der Waals surface area (Å²) < 4.78 is 0. The monoisotopic (exact) mass is 394 g/mol. The minimum absolute atomic E-state index is 0.220. The molecular formula is C21H19ClN4O2. The Balaban J connectivity index is 1.78. The van der Waals surface area contributed by atoms with E-state index in [1.54, 1.807) is 30.3 Å². The molecule has 2 heterocycles. The molecule has 0 spiro atoms. The Labute approximate surface area is 168 Å². The Morgan fingerprint density at radius 1 is 1.18 bits per heavy atom. The number of hydrogen-bond acceptors (Lipinski definition) is 5. The second-order valence-corrected chi connectivity index (χ2v) is 6.32. The van der Waals surface area contributed by atoms with Crippen LogP contribution in [0, 0.1) is 0 Å². The lowest BCUT2D eigenvalue weighted by molar-refractivity contribution is -0.114. The summed E-state index contributed by atoms with van der Waals surface area (Å²) >= 11 is 5.93. The first-order valence-corrected chi connectivity index (χ1v) is 8.95. The molecule has 0 fully saturated rings. The van der Waals surface area contributed by atoms with Crippen molar-refractivity contribution in [2.75, 3.05) is 10.2 Å². The van der Waals surface area contributed by atoms with Crippen molar-refractivity contribution in [3.05, 3.63) is 96.1 Å². The molecular weight excluding hydrogens is 376 g/mol. The first kappa shape index (κ1) is 19.5. The minimum Gasteiger partial charge on any atom is -0.368 e. The van der Waals surface area contributed by atoms with Gasteiger partial charge in [0.05, 0.1) is 29.8 Å². The summed E-state index contributed by atoms with van der Waals surface area (Å²) in [5.41, 5.74) is 2.40. The number of hydrogen-bond donors (Lipinski definition) is 2. The van der Waals surface area contributed by atoms with Crippen LogP contribution < -0.4 is 10.2 Å². The molecule has 2 N–H and O–H groups in total. The van der Waals surface area contributed by atoms with Crippen molar-refractivity contribution >= 4 is 28.9 Å². The number of pyridine rings is 2. The molecule has 142 valence electrons. The summed E-state index contributed by atoms with van der Waals surface area (Å²) in [4.78, 5) is 22.3. The number of aliphatic hydroxyl groups is 1. The van der Waals surface area contributed by atoms with Gasteiger partial charge in [-0.25, -0.2) is 4.98 Å². The molecule has 7 heteroatoms. The molecule has 0 radical (unpaired) electrons. The number of aliphatic hydroxyl groups excluding tert-OH is 1. The molecule has 3 aromatic rings. The zero-order chi connectivity index (χ0) is 19.9. The van der Waals surface area contributed by atoms with E-state index < -0.39 is 6.23 Å². The van der Waals surface area contributed by atoms with Gasteiger partial charge in [0.2, 0.25) is 0 Å². The fraction of sp³-hybridized carbons (Fsp3) is 0.0952. The van der Waals surface area contributed by atoms with Crippen LogP contribution in [0.4, 0.5) is 11.4 Å². The molecule has 0 bridgehead atoms. The number of carbonyl (C=O) groups is 1. The highest BCUT2D eigenvalue weighted by Crippen LogP contribution is 2.21. The third-order valence-corrected chi connectivity index (χ3v) is 4.18. The van der Waals surface area contributed by atoms with Crippen LogP contribution >= 0.6 is 11.6 Å². The summed E-state index contributed by atoms with van der Waals surface area (Å²) in [5, 5.41) is 13.6. The molecule has 28 heavy (non-hydrogen) atoms. The molecule has 0 aliphatic rings. The fourth-order valence-corrected chi connectivity index (χ4v) is 2.77. The number of nitrogens with zero attached hydrogens (tertiary/aromatic N) is 3. The number of benzene rings is 1. The lowest BCUT2D eigenvalue weighted by Gasteiger charge is -2.21. The van der Waals surface area contributed by atoms with E-state index in [4.69, 9.17) is 11.6 Å². The van der Waals surface area contributed by atoms with Gasteiger partial charge in [0.1, 0.15) is 5.15 Å². The molecule has 3 rings (SSSR count). The maximum absolute atomic E-state index is 12.3. The second-order valence-electron chi connectivity index (χ2n) is 5.93. The van der Waals surface area contributed by atoms with Crippen molar-refractivity contribution in [1.82, 2.24) is 9.97 Å². The molecule has 0 aliphatic heterocycles. The lowest BCUT2D eigenvalue weighted by atomic mass is 10.2. The number of rotatable bonds is 7. The van der Waals surface area contributed by atoms with Crippen LogP contribution in [0.3, 0.4) is 0 Å². The number of carbonyl (C=O) groups excluding carboxylic acids is 1. The van der Waals surface area contributed by atoms with Crippen molar-refractivity contribution in [3.8, 4) is 0 Å². The van der Waals surface area contributed by atoms with Crippen LogP contribution in [-0.4, -0.2) is 21.0 Å². The summed E-state index contributed by atoms with van der Waals surface area (Å²) in [5.74, 6) is -0.292. The predicted octanol–water partition coefficient (Wildman–Crippen LogP) is 3.95. The molecule has 1 aromatic carbocycles. The first-order chi connectivity index (χ1) is 13.6. The third kappa shape index (κ3) is 4.94. The highest BCUT2D eigenvalue weighted by Gasteiger charge is 2.16. The first-order valence-electron chi connectivity index (χ1n) is 8.58. The van der Waals surface area contributed by atoms with Crippen LogP contribution in [0.15, 0.2) is 79.5 Å². The molecule has 0 saturated heterocycles. The van der Waals surface area contributed by atoms with Gasteiger partial charge in [0.25, 0.3) is 5.91 Å². The van der Waals surface area contributed by atoms with Gasteiger partial charge in [0, 0.05) is 5.69 Å². The van der Waals surface area contributed by atoms with Crippen molar-refractivity contribution in [3.63, 3.8) is 0 Å². The average Bonchev–Trinajstić information content (AvgIpc) is 2.72. The third-order valence-electron chi connectivity index (χ3n) is 3.97. The molecule has 0 aliphatic carbocycles. The Morgan fingerprint density at radius 3 is 2.61 bits per heavy atom. The fourth-order valence-electron chi connectivity index (χ4n) is 2.59. The van der Waals surface area contributed by atoms with E-state index in [1.165, 1.54) is 17.2 Å². The van der Waals surface area contributed by atoms with E-state index in [2.05, 4.69) is 21.9 Å². The SMILES string of the molecule is C=CC(=O)N(Cc1cccc(Cl)n1)c1ccc(C(O)Nc2ccccc2)nc1. The minimum atomic E-state index is -0.977. The molecule has 1 unspecified atom stereocenters. The Morgan fingerprint density at radius 2 is 1.96 bits per heavy atom. The molecule has 6 nitrogen and oxygen atoms in total. The van der Waals surface area contributed by atoms with Gasteiger partial charge in [-0.15, -0.1) is 0 Å². The Kier molecular flexibility index (Phi) is 6.37. The van der Waals surface area contributed by atoms with Crippen LogP contribution in [-0.2, 0) is 11.3 Å². The highest BCUT2D eigenvalue weighted by atomic mass is 35.5. The summed E-state index contributed by atoms with van der Waals surface area (Å²) in [6.07, 6.45) is 1.77. The van der Waals surface area contributed by atoms with Crippen LogP contribution in [0.1, 0.15) is 17.6 Å². The van der Waals surface area contributed by atoms with Gasteiger partial charge in [-0.05, 0) is 42.5 Å². The summed E-state index contributed by atoms with van der Waals surface area (Å²) in [6, 6.07) is 17.9. The average molecular weight is 395 g/mol. The largest absolute Gasteiger partial charge is 0.368 e. The number of nitrogens with one attached hydrogen (secondary N) is 1. The smallest absolute Gasteiger partial charge is 0.250 e. The van der Waals surface area contributed by atoms with Gasteiger partial charge in [-0.3, -0.25) is 9.78 Å². The zero-order valence-electron chi connectivity index (χ0n) is 15.0.